The summed E-state index contributed by atoms with van der Waals surface area (Å²) >= 11 is 0. The fourth-order valence-electron chi connectivity index (χ4n) is 2.52. The third-order valence-corrected chi connectivity index (χ3v) is 3.89. The molecule has 2 aromatic rings. The van der Waals surface area contributed by atoms with E-state index in [0.717, 1.165) is 18.4 Å². The maximum Gasteiger partial charge on any atom is 0.317 e. The van der Waals surface area contributed by atoms with Crippen molar-refractivity contribution in [3.63, 3.8) is 0 Å². The van der Waals surface area contributed by atoms with Crippen molar-refractivity contribution >= 4 is 22.9 Å². The largest absolute Gasteiger partial charge is 0.481 e. The summed E-state index contributed by atoms with van der Waals surface area (Å²) in [4.78, 5) is 27.3. The highest BCUT2D eigenvalue weighted by Crippen LogP contribution is 2.18. The second kappa shape index (κ2) is 7.67. The van der Waals surface area contributed by atoms with Gasteiger partial charge in [-0.2, -0.15) is 0 Å². The van der Waals surface area contributed by atoms with Gasteiger partial charge in [0.05, 0.1) is 5.92 Å². The Kier molecular flexibility index (Phi) is 5.62. The number of H-pyrrole nitrogens is 1. The minimum atomic E-state index is -0.899. The van der Waals surface area contributed by atoms with Crippen LogP contribution >= 0.6 is 0 Å². The minimum Gasteiger partial charge on any atom is -0.481 e. The van der Waals surface area contributed by atoms with Crippen molar-refractivity contribution in [2.45, 2.75) is 19.8 Å². The zero-order chi connectivity index (χ0) is 16.8. The standard InChI is InChI=1S/C17H23N3O3/c1-12(16(21)22)11-20(2)17(23)18-9-5-6-13-10-19-15-8-4-3-7-14(13)15/h3-4,7-8,10,12,19H,5-6,9,11H2,1-2H3,(H,18,23)(H,21,22). The molecule has 0 aliphatic rings. The summed E-state index contributed by atoms with van der Waals surface area (Å²) < 4.78 is 0. The third kappa shape index (κ3) is 4.48. The van der Waals surface area contributed by atoms with Crippen LogP contribution in [0.25, 0.3) is 10.9 Å². The number of carbonyl (C=O) groups excluding carboxylic acids is 1. The van der Waals surface area contributed by atoms with E-state index in [4.69, 9.17) is 5.11 Å². The van der Waals surface area contributed by atoms with Crippen molar-refractivity contribution in [1.29, 1.82) is 0 Å². The fraction of sp³-hybridized carbons (Fsp3) is 0.412. The smallest absolute Gasteiger partial charge is 0.317 e. The molecule has 1 heterocycles. The van der Waals surface area contributed by atoms with Gasteiger partial charge in [0.1, 0.15) is 0 Å². The van der Waals surface area contributed by atoms with Gasteiger partial charge in [0.2, 0.25) is 0 Å². The van der Waals surface area contributed by atoms with E-state index >= 15 is 0 Å². The second-order valence-electron chi connectivity index (χ2n) is 5.81. The molecule has 1 aromatic carbocycles. The first-order valence-corrected chi connectivity index (χ1v) is 7.75. The molecule has 23 heavy (non-hydrogen) atoms. The van der Waals surface area contributed by atoms with E-state index in [-0.39, 0.29) is 12.6 Å². The fourth-order valence-corrected chi connectivity index (χ4v) is 2.52. The molecule has 0 saturated heterocycles. The summed E-state index contributed by atoms with van der Waals surface area (Å²) in [7, 11) is 1.61. The van der Waals surface area contributed by atoms with Crippen LogP contribution < -0.4 is 5.32 Å². The van der Waals surface area contributed by atoms with Crippen LogP contribution in [0.3, 0.4) is 0 Å². The predicted octanol–water partition coefficient (Wildman–Crippen LogP) is 2.46. The van der Waals surface area contributed by atoms with Gasteiger partial charge >= 0.3 is 12.0 Å². The number of carbonyl (C=O) groups is 2. The van der Waals surface area contributed by atoms with E-state index in [2.05, 4.69) is 16.4 Å². The molecule has 1 atom stereocenters. The van der Waals surface area contributed by atoms with E-state index in [0.29, 0.717) is 6.54 Å². The van der Waals surface area contributed by atoms with Crippen LogP contribution in [0.1, 0.15) is 18.9 Å². The van der Waals surface area contributed by atoms with Gasteiger partial charge in [-0.15, -0.1) is 0 Å². The van der Waals surface area contributed by atoms with Crippen LogP contribution in [0.5, 0.6) is 0 Å². The Morgan fingerprint density at radius 3 is 2.83 bits per heavy atom. The van der Waals surface area contributed by atoms with Gasteiger partial charge in [-0.1, -0.05) is 25.1 Å². The van der Waals surface area contributed by atoms with Gasteiger partial charge in [-0.25, -0.2) is 4.79 Å². The van der Waals surface area contributed by atoms with Crippen molar-refractivity contribution < 1.29 is 14.7 Å². The summed E-state index contributed by atoms with van der Waals surface area (Å²) in [6.07, 6.45) is 3.71. The Labute approximate surface area is 135 Å². The molecule has 0 bridgehead atoms. The molecule has 6 heteroatoms. The number of amides is 2. The lowest BCUT2D eigenvalue weighted by Crippen LogP contribution is -2.41. The normalized spacial score (nSPS) is 12.1. The molecule has 0 aliphatic carbocycles. The molecule has 0 saturated carbocycles. The molecule has 0 spiro atoms. The highest BCUT2D eigenvalue weighted by atomic mass is 16.4. The first kappa shape index (κ1) is 16.9. The van der Waals surface area contributed by atoms with Gasteiger partial charge in [0, 0.05) is 37.2 Å². The number of carboxylic acids is 1. The van der Waals surface area contributed by atoms with Crippen LogP contribution in [-0.2, 0) is 11.2 Å². The average molecular weight is 317 g/mol. The first-order valence-electron chi connectivity index (χ1n) is 7.75. The lowest BCUT2D eigenvalue weighted by atomic mass is 10.1. The van der Waals surface area contributed by atoms with Crippen LogP contribution in [0.15, 0.2) is 30.5 Å². The summed E-state index contributed by atoms with van der Waals surface area (Å²) in [5, 5.41) is 12.9. The zero-order valence-electron chi connectivity index (χ0n) is 13.5. The van der Waals surface area contributed by atoms with E-state index in [1.165, 1.54) is 15.8 Å². The van der Waals surface area contributed by atoms with E-state index in [9.17, 15) is 9.59 Å². The average Bonchev–Trinajstić information content (AvgIpc) is 2.94. The van der Waals surface area contributed by atoms with Gasteiger partial charge in [-0.05, 0) is 24.5 Å². The quantitative estimate of drug-likeness (QED) is 0.686. The number of para-hydroxylation sites is 1. The van der Waals surface area contributed by atoms with Crippen molar-refractivity contribution in [2.75, 3.05) is 20.1 Å². The maximum atomic E-state index is 11.9. The summed E-state index contributed by atoms with van der Waals surface area (Å²) in [5.41, 5.74) is 2.36. The number of nitrogens with zero attached hydrogens (tertiary/aromatic N) is 1. The molecule has 0 fully saturated rings. The molecule has 2 rings (SSSR count). The molecule has 6 nitrogen and oxygen atoms in total. The Bertz CT molecular complexity index is 681. The minimum absolute atomic E-state index is 0.198. The van der Waals surface area contributed by atoms with Crippen molar-refractivity contribution in [1.82, 2.24) is 15.2 Å². The highest BCUT2D eigenvalue weighted by molar-refractivity contribution is 5.83. The van der Waals surface area contributed by atoms with Gasteiger partial charge < -0.3 is 20.3 Å². The van der Waals surface area contributed by atoms with Crippen LogP contribution in [0.4, 0.5) is 4.79 Å². The molecular formula is C17H23N3O3. The summed E-state index contributed by atoms with van der Waals surface area (Å²) in [5.74, 6) is -1.47. The van der Waals surface area contributed by atoms with Gasteiger partial charge in [-0.3, -0.25) is 4.79 Å². The number of hydrogen-bond donors (Lipinski definition) is 3. The Hall–Kier alpha value is -2.50. The number of aromatic nitrogens is 1. The van der Waals surface area contributed by atoms with Crippen LogP contribution in [0, 0.1) is 5.92 Å². The number of aromatic amines is 1. The zero-order valence-corrected chi connectivity index (χ0v) is 13.5. The van der Waals surface area contributed by atoms with Crippen LogP contribution in [0.2, 0.25) is 0 Å². The van der Waals surface area contributed by atoms with Crippen molar-refractivity contribution in [2.24, 2.45) is 5.92 Å². The molecule has 1 aromatic heterocycles. The first-order chi connectivity index (χ1) is 11.0. The second-order valence-corrected chi connectivity index (χ2v) is 5.81. The van der Waals surface area contributed by atoms with E-state index in [1.54, 1.807) is 14.0 Å². The van der Waals surface area contributed by atoms with Gasteiger partial charge in [0.25, 0.3) is 0 Å². The number of nitrogens with one attached hydrogen (secondary N) is 2. The van der Waals surface area contributed by atoms with Crippen molar-refractivity contribution in [3.05, 3.63) is 36.0 Å². The topological polar surface area (TPSA) is 85.4 Å². The van der Waals surface area contributed by atoms with E-state index < -0.39 is 11.9 Å². The third-order valence-electron chi connectivity index (χ3n) is 3.89. The number of benzene rings is 1. The Morgan fingerprint density at radius 2 is 2.09 bits per heavy atom. The Balaban J connectivity index is 1.74. The number of urea groups is 1. The molecule has 124 valence electrons. The van der Waals surface area contributed by atoms with Crippen LogP contribution in [-0.4, -0.2) is 47.1 Å². The molecular weight excluding hydrogens is 294 g/mol. The van der Waals surface area contributed by atoms with Crippen molar-refractivity contribution in [3.8, 4) is 0 Å². The predicted molar refractivity (Wildman–Crippen MR) is 89.4 cm³/mol. The molecule has 0 radical (unpaired) electrons. The lowest BCUT2D eigenvalue weighted by molar-refractivity contribution is -0.141. The highest BCUT2D eigenvalue weighted by Gasteiger charge is 2.16. The Morgan fingerprint density at radius 1 is 1.35 bits per heavy atom. The number of carboxylic acid groups (broad SMARTS) is 1. The molecule has 2 amide bonds. The summed E-state index contributed by atoms with van der Waals surface area (Å²) in [6, 6.07) is 7.90. The number of rotatable bonds is 7. The maximum absolute atomic E-state index is 11.9. The number of aryl methyl sites for hydroxylation is 1. The lowest BCUT2D eigenvalue weighted by Gasteiger charge is -2.19. The van der Waals surface area contributed by atoms with Gasteiger partial charge in [0.15, 0.2) is 0 Å². The molecule has 3 N–H and O–H groups in total. The number of fused-ring (bicyclic) bond motifs is 1. The van der Waals surface area contributed by atoms with E-state index in [1.807, 2.05) is 24.4 Å². The number of hydrogen-bond acceptors (Lipinski definition) is 2. The molecule has 1 unspecified atom stereocenters. The molecule has 0 aliphatic heterocycles. The SMILES string of the molecule is CC(CN(C)C(=O)NCCCc1c[nH]c2ccccc12)C(=O)O. The summed E-state index contributed by atoms with van der Waals surface area (Å²) in [6.45, 7) is 2.34. The number of aliphatic carboxylic acids is 1. The monoisotopic (exact) mass is 317 g/mol.